The molecule has 3 rings (SSSR count). The molecule has 0 bridgehead atoms. The molecule has 0 spiro atoms. The average Bonchev–Trinajstić information content (AvgIpc) is 3.03. The molecule has 0 unspecified atom stereocenters. The summed E-state index contributed by atoms with van der Waals surface area (Å²) in [6, 6.07) is 17.5. The first kappa shape index (κ1) is 13.6. The van der Waals surface area contributed by atoms with Crippen molar-refractivity contribution in [1.82, 2.24) is 0 Å². The summed E-state index contributed by atoms with van der Waals surface area (Å²) in [7, 11) is 0. The van der Waals surface area contributed by atoms with Crippen LogP contribution in [0.3, 0.4) is 0 Å². The van der Waals surface area contributed by atoms with Crippen LogP contribution in [0.2, 0.25) is 0 Å². The fourth-order valence-electron chi connectivity index (χ4n) is 2.07. The molecule has 20 heavy (non-hydrogen) atoms. The Bertz CT molecular complexity index is 577. The zero-order valence-corrected chi connectivity index (χ0v) is 12.5. The van der Waals surface area contributed by atoms with Crippen LogP contribution in [-0.4, -0.2) is 17.4 Å². The molecular weight excluding hydrogens is 286 g/mol. The van der Waals surface area contributed by atoms with Gasteiger partial charge in [-0.15, -0.1) is 23.5 Å². The molecule has 4 heteroatoms. The number of para-hydroxylation sites is 1. The zero-order valence-electron chi connectivity index (χ0n) is 10.9. The minimum atomic E-state index is -0.0607. The van der Waals surface area contributed by atoms with E-state index < -0.39 is 0 Å². The molecular formula is C16H15NOS2. The smallest absolute Gasteiger partial charge is 0.255 e. The first-order valence-corrected chi connectivity index (χ1v) is 8.62. The van der Waals surface area contributed by atoms with Gasteiger partial charge in [-0.25, -0.2) is 0 Å². The molecule has 1 aliphatic heterocycles. The minimum Gasteiger partial charge on any atom is -0.322 e. The molecule has 0 aromatic heterocycles. The van der Waals surface area contributed by atoms with Crippen LogP contribution in [0.4, 0.5) is 5.69 Å². The second-order valence-electron chi connectivity index (χ2n) is 4.52. The molecule has 0 radical (unpaired) electrons. The lowest BCUT2D eigenvalue weighted by Crippen LogP contribution is -2.11. The number of hydrogen-bond donors (Lipinski definition) is 1. The van der Waals surface area contributed by atoms with E-state index in [0.717, 1.165) is 5.69 Å². The van der Waals surface area contributed by atoms with Gasteiger partial charge in [0.05, 0.1) is 4.58 Å². The lowest BCUT2D eigenvalue weighted by Gasteiger charge is -2.09. The maximum absolute atomic E-state index is 12.1. The summed E-state index contributed by atoms with van der Waals surface area (Å²) >= 11 is 3.95. The molecule has 102 valence electrons. The Hall–Kier alpha value is -1.39. The van der Waals surface area contributed by atoms with E-state index >= 15 is 0 Å². The predicted molar refractivity (Wildman–Crippen MR) is 88.5 cm³/mol. The summed E-state index contributed by atoms with van der Waals surface area (Å²) in [5.74, 6) is 2.37. The van der Waals surface area contributed by atoms with E-state index in [4.69, 9.17) is 0 Å². The Labute approximate surface area is 127 Å². The number of rotatable bonds is 3. The third-order valence-corrected chi connectivity index (χ3v) is 6.20. The fraction of sp³-hybridized carbons (Fsp3) is 0.188. The molecule has 1 amide bonds. The van der Waals surface area contributed by atoms with Crippen LogP contribution in [0.25, 0.3) is 0 Å². The molecule has 2 nitrogen and oxygen atoms in total. The van der Waals surface area contributed by atoms with Gasteiger partial charge in [0, 0.05) is 22.8 Å². The van der Waals surface area contributed by atoms with Crippen molar-refractivity contribution < 1.29 is 4.79 Å². The van der Waals surface area contributed by atoms with E-state index in [-0.39, 0.29) is 5.91 Å². The first-order chi connectivity index (χ1) is 9.83. The third kappa shape index (κ3) is 3.19. The number of thioether (sulfide) groups is 2. The highest BCUT2D eigenvalue weighted by molar-refractivity contribution is 8.19. The van der Waals surface area contributed by atoms with Crippen molar-refractivity contribution in [1.29, 1.82) is 0 Å². The second-order valence-corrected chi connectivity index (χ2v) is 7.24. The monoisotopic (exact) mass is 301 g/mol. The number of carbonyl (C=O) groups excluding carboxylic acids is 1. The first-order valence-electron chi connectivity index (χ1n) is 6.52. The number of hydrogen-bond acceptors (Lipinski definition) is 3. The fourth-order valence-corrected chi connectivity index (χ4v) is 4.93. The Kier molecular flexibility index (Phi) is 4.33. The van der Waals surface area contributed by atoms with E-state index in [1.165, 1.54) is 17.1 Å². The van der Waals surface area contributed by atoms with E-state index in [0.29, 0.717) is 10.1 Å². The maximum Gasteiger partial charge on any atom is 0.255 e. The van der Waals surface area contributed by atoms with Crippen LogP contribution in [0.15, 0.2) is 54.6 Å². The lowest BCUT2D eigenvalue weighted by molar-refractivity contribution is 0.102. The van der Waals surface area contributed by atoms with Crippen molar-refractivity contribution in [2.24, 2.45) is 0 Å². The van der Waals surface area contributed by atoms with E-state index in [1.807, 2.05) is 66.0 Å². The predicted octanol–water partition coefficient (Wildman–Crippen LogP) is 4.42. The number of nitrogens with one attached hydrogen (secondary N) is 1. The van der Waals surface area contributed by atoms with Gasteiger partial charge in [0.15, 0.2) is 0 Å². The lowest BCUT2D eigenvalue weighted by atomic mass is 10.1. The van der Waals surface area contributed by atoms with Gasteiger partial charge in [-0.2, -0.15) is 0 Å². The SMILES string of the molecule is O=C(Nc1ccccc1)c1ccc(C2SCCS2)cc1. The molecule has 1 saturated heterocycles. The van der Waals surface area contributed by atoms with Crippen LogP contribution >= 0.6 is 23.5 Å². The molecule has 2 aromatic carbocycles. The second kappa shape index (κ2) is 6.37. The number of benzene rings is 2. The number of amides is 1. The van der Waals surface area contributed by atoms with Gasteiger partial charge in [-0.05, 0) is 29.8 Å². The maximum atomic E-state index is 12.1. The highest BCUT2D eigenvalue weighted by Gasteiger charge is 2.18. The summed E-state index contributed by atoms with van der Waals surface area (Å²) < 4.78 is 0.529. The van der Waals surface area contributed by atoms with Gasteiger partial charge in [0.2, 0.25) is 0 Å². The van der Waals surface area contributed by atoms with Gasteiger partial charge in [0.1, 0.15) is 0 Å². The van der Waals surface area contributed by atoms with E-state index in [2.05, 4.69) is 17.4 Å². The Morgan fingerprint density at radius 2 is 1.60 bits per heavy atom. The Morgan fingerprint density at radius 1 is 0.950 bits per heavy atom. The highest BCUT2D eigenvalue weighted by Crippen LogP contribution is 2.45. The topological polar surface area (TPSA) is 29.1 Å². The van der Waals surface area contributed by atoms with E-state index in [9.17, 15) is 4.79 Å². The van der Waals surface area contributed by atoms with E-state index in [1.54, 1.807) is 0 Å². The van der Waals surface area contributed by atoms with Gasteiger partial charge in [-0.3, -0.25) is 4.79 Å². The van der Waals surface area contributed by atoms with Crippen LogP contribution < -0.4 is 5.32 Å². The third-order valence-electron chi connectivity index (χ3n) is 3.10. The van der Waals surface area contributed by atoms with Crippen molar-refractivity contribution in [2.75, 3.05) is 16.8 Å². The minimum absolute atomic E-state index is 0.0607. The van der Waals surface area contributed by atoms with Gasteiger partial charge >= 0.3 is 0 Å². The normalized spacial score (nSPS) is 15.2. The van der Waals surface area contributed by atoms with Gasteiger partial charge in [-0.1, -0.05) is 30.3 Å². The number of anilines is 1. The van der Waals surface area contributed by atoms with Crippen molar-refractivity contribution in [2.45, 2.75) is 4.58 Å². The summed E-state index contributed by atoms with van der Waals surface area (Å²) in [5, 5.41) is 2.90. The molecule has 0 saturated carbocycles. The van der Waals surface area contributed by atoms with Crippen molar-refractivity contribution in [3.05, 3.63) is 65.7 Å². The quantitative estimate of drug-likeness (QED) is 0.910. The van der Waals surface area contributed by atoms with Gasteiger partial charge in [0.25, 0.3) is 5.91 Å². The largest absolute Gasteiger partial charge is 0.322 e. The highest BCUT2D eigenvalue weighted by atomic mass is 32.2. The van der Waals surface area contributed by atoms with Crippen LogP contribution in [0, 0.1) is 0 Å². The summed E-state index contributed by atoms with van der Waals surface area (Å²) in [5.41, 5.74) is 2.82. The Balaban J connectivity index is 1.69. The molecule has 2 aromatic rings. The Morgan fingerprint density at radius 3 is 2.25 bits per heavy atom. The van der Waals surface area contributed by atoms with Crippen molar-refractivity contribution in [3.8, 4) is 0 Å². The molecule has 1 N–H and O–H groups in total. The molecule has 0 aliphatic carbocycles. The number of carbonyl (C=O) groups is 1. The van der Waals surface area contributed by atoms with Crippen LogP contribution in [0.1, 0.15) is 20.5 Å². The zero-order chi connectivity index (χ0) is 13.8. The van der Waals surface area contributed by atoms with Crippen molar-refractivity contribution >= 4 is 35.1 Å². The standard InChI is InChI=1S/C16H15NOS2/c18-15(17-14-4-2-1-3-5-14)12-6-8-13(9-7-12)16-19-10-11-20-16/h1-9,16H,10-11H2,(H,17,18). The summed E-state index contributed by atoms with van der Waals surface area (Å²) in [6.07, 6.45) is 0. The van der Waals surface area contributed by atoms with Crippen LogP contribution in [-0.2, 0) is 0 Å². The molecule has 0 atom stereocenters. The van der Waals surface area contributed by atoms with Crippen molar-refractivity contribution in [3.63, 3.8) is 0 Å². The molecule has 1 heterocycles. The van der Waals surface area contributed by atoms with Crippen LogP contribution in [0.5, 0.6) is 0 Å². The average molecular weight is 301 g/mol. The summed E-state index contributed by atoms with van der Waals surface area (Å²) in [4.78, 5) is 12.1. The molecule has 1 fully saturated rings. The molecule has 1 aliphatic rings. The summed E-state index contributed by atoms with van der Waals surface area (Å²) in [6.45, 7) is 0. The van der Waals surface area contributed by atoms with Gasteiger partial charge < -0.3 is 5.32 Å².